The van der Waals surface area contributed by atoms with Gasteiger partial charge in [-0.05, 0) is 25.5 Å². The zero-order chi connectivity index (χ0) is 15.6. The van der Waals surface area contributed by atoms with Crippen LogP contribution in [0.2, 0.25) is 0 Å². The molecule has 0 radical (unpaired) electrons. The van der Waals surface area contributed by atoms with Gasteiger partial charge in [0.15, 0.2) is 0 Å². The third-order valence-electron chi connectivity index (χ3n) is 3.71. The fourth-order valence-corrected chi connectivity index (χ4v) is 3.45. The van der Waals surface area contributed by atoms with E-state index in [-0.39, 0.29) is 0 Å². The molecule has 2 rings (SSSR count). The third kappa shape index (κ3) is 3.01. The largest absolute Gasteiger partial charge is 0.272 e. The fraction of sp³-hybridized carbons (Fsp3) is 0.400. The van der Waals surface area contributed by atoms with Crippen LogP contribution in [-0.4, -0.2) is 29.6 Å². The number of aryl methyl sites for hydroxylation is 2. The molecule has 0 bridgehead atoms. The summed E-state index contributed by atoms with van der Waals surface area (Å²) < 4.78 is 28.3. The van der Waals surface area contributed by atoms with Crippen LogP contribution in [0.25, 0.3) is 0 Å². The Bertz CT molecular complexity index is 721. The summed E-state index contributed by atoms with van der Waals surface area (Å²) in [5.74, 6) is 0. The Labute approximate surface area is 126 Å². The lowest BCUT2D eigenvalue weighted by atomic mass is 10.1. The first-order valence-electron chi connectivity index (χ1n) is 6.90. The lowest BCUT2D eigenvalue weighted by molar-refractivity contribution is 0.464. The summed E-state index contributed by atoms with van der Waals surface area (Å²) in [6.07, 6.45) is 0.788. The van der Waals surface area contributed by atoms with Crippen LogP contribution >= 0.6 is 0 Å². The van der Waals surface area contributed by atoms with Crippen LogP contribution in [0.4, 0.5) is 0 Å². The van der Waals surface area contributed by atoms with Crippen molar-refractivity contribution in [2.24, 2.45) is 7.05 Å². The minimum absolute atomic E-state index is 0.312. The van der Waals surface area contributed by atoms with Gasteiger partial charge in [0.1, 0.15) is 0 Å². The second-order valence-corrected chi connectivity index (χ2v) is 7.11. The number of nitrogens with zero attached hydrogens (tertiary/aromatic N) is 3. The van der Waals surface area contributed by atoms with Gasteiger partial charge in [0.05, 0.1) is 10.6 Å². The molecule has 0 N–H and O–H groups in total. The molecular weight excluding hydrogens is 286 g/mol. The second kappa shape index (κ2) is 5.99. The monoisotopic (exact) mass is 307 g/mol. The summed E-state index contributed by atoms with van der Waals surface area (Å²) >= 11 is 0. The molecule has 0 aliphatic carbocycles. The highest BCUT2D eigenvalue weighted by atomic mass is 32.2. The van der Waals surface area contributed by atoms with Crippen LogP contribution in [0.5, 0.6) is 0 Å². The highest BCUT2D eigenvalue weighted by Gasteiger charge is 2.23. The van der Waals surface area contributed by atoms with Gasteiger partial charge in [-0.3, -0.25) is 4.68 Å². The van der Waals surface area contributed by atoms with Crippen LogP contribution in [0, 0.1) is 6.92 Å². The van der Waals surface area contributed by atoms with E-state index in [2.05, 4.69) is 5.10 Å². The Balaban J connectivity index is 2.32. The summed E-state index contributed by atoms with van der Waals surface area (Å²) in [6.45, 7) is 4.32. The Hall–Kier alpha value is -1.66. The average molecular weight is 307 g/mol. The smallest absolute Gasteiger partial charge is 0.243 e. The SMILES string of the molecule is CCc1nn(C)c(C)c1CN(C)S(=O)(=O)c1ccccc1. The molecule has 0 atom stereocenters. The number of sulfonamides is 1. The van der Waals surface area contributed by atoms with Gasteiger partial charge in [0.2, 0.25) is 10.0 Å². The maximum absolute atomic E-state index is 12.6. The fourth-order valence-electron chi connectivity index (χ4n) is 2.29. The Kier molecular flexibility index (Phi) is 4.49. The van der Waals surface area contributed by atoms with Gasteiger partial charge in [0, 0.05) is 31.9 Å². The van der Waals surface area contributed by atoms with Gasteiger partial charge in [-0.2, -0.15) is 9.40 Å². The van der Waals surface area contributed by atoms with Crippen molar-refractivity contribution >= 4 is 10.0 Å². The average Bonchev–Trinajstić information content (AvgIpc) is 2.75. The van der Waals surface area contributed by atoms with Crippen molar-refractivity contribution < 1.29 is 8.42 Å². The van der Waals surface area contributed by atoms with Crippen LogP contribution in [0.1, 0.15) is 23.9 Å². The summed E-state index contributed by atoms with van der Waals surface area (Å²) in [4.78, 5) is 0.312. The first kappa shape index (κ1) is 15.7. The van der Waals surface area contributed by atoms with Crippen LogP contribution < -0.4 is 0 Å². The van der Waals surface area contributed by atoms with Crippen molar-refractivity contribution in [3.05, 3.63) is 47.3 Å². The molecule has 0 aliphatic heterocycles. The lowest BCUT2D eigenvalue weighted by Gasteiger charge is -2.17. The van der Waals surface area contributed by atoms with Crippen molar-refractivity contribution in [1.29, 1.82) is 0 Å². The van der Waals surface area contributed by atoms with Gasteiger partial charge >= 0.3 is 0 Å². The summed E-state index contributed by atoms with van der Waals surface area (Å²) in [6, 6.07) is 8.49. The van der Waals surface area contributed by atoms with E-state index in [1.165, 1.54) is 4.31 Å². The predicted octanol–water partition coefficient (Wildman–Crippen LogP) is 2.11. The molecule has 6 heteroatoms. The van der Waals surface area contributed by atoms with Gasteiger partial charge in [0.25, 0.3) is 0 Å². The first-order chi connectivity index (χ1) is 9.87. The molecule has 0 aliphatic rings. The molecule has 1 heterocycles. The van der Waals surface area contributed by atoms with E-state index < -0.39 is 10.0 Å². The van der Waals surface area contributed by atoms with Gasteiger partial charge in [-0.15, -0.1) is 0 Å². The van der Waals surface area contributed by atoms with Crippen LogP contribution in [0.3, 0.4) is 0 Å². The summed E-state index contributed by atoms with van der Waals surface area (Å²) in [7, 11) is 0.0107. The molecule has 0 amide bonds. The van der Waals surface area contributed by atoms with E-state index in [1.807, 2.05) is 20.9 Å². The molecule has 0 unspecified atom stereocenters. The maximum atomic E-state index is 12.6. The molecule has 1 aromatic carbocycles. The van der Waals surface area contributed by atoms with E-state index in [1.54, 1.807) is 42.1 Å². The molecule has 5 nitrogen and oxygen atoms in total. The number of benzene rings is 1. The predicted molar refractivity (Wildman–Crippen MR) is 82.4 cm³/mol. The van der Waals surface area contributed by atoms with E-state index in [0.717, 1.165) is 23.4 Å². The molecule has 0 saturated heterocycles. The van der Waals surface area contributed by atoms with E-state index in [0.29, 0.717) is 11.4 Å². The Morgan fingerprint density at radius 2 is 1.86 bits per heavy atom. The molecule has 2 aromatic rings. The summed E-state index contributed by atoms with van der Waals surface area (Å²) in [5, 5.41) is 4.43. The van der Waals surface area contributed by atoms with Gasteiger partial charge in [-0.1, -0.05) is 25.1 Å². The minimum atomic E-state index is -3.47. The topological polar surface area (TPSA) is 55.2 Å². The van der Waals surface area contributed by atoms with Crippen molar-refractivity contribution in [2.45, 2.75) is 31.7 Å². The minimum Gasteiger partial charge on any atom is -0.272 e. The number of hydrogen-bond donors (Lipinski definition) is 0. The van der Waals surface area contributed by atoms with E-state index >= 15 is 0 Å². The zero-order valence-corrected chi connectivity index (χ0v) is 13.7. The van der Waals surface area contributed by atoms with Crippen LogP contribution in [0.15, 0.2) is 35.2 Å². The van der Waals surface area contributed by atoms with E-state index in [4.69, 9.17) is 0 Å². The van der Waals surface area contributed by atoms with Crippen LogP contribution in [-0.2, 0) is 30.0 Å². The zero-order valence-electron chi connectivity index (χ0n) is 12.9. The molecular formula is C15H21N3O2S. The summed E-state index contributed by atoms with van der Waals surface area (Å²) in [5.41, 5.74) is 2.94. The molecule has 21 heavy (non-hydrogen) atoms. The number of aromatic nitrogens is 2. The maximum Gasteiger partial charge on any atom is 0.243 e. The molecule has 0 fully saturated rings. The number of hydrogen-bond acceptors (Lipinski definition) is 3. The van der Waals surface area contributed by atoms with Crippen molar-refractivity contribution in [3.63, 3.8) is 0 Å². The normalized spacial score (nSPS) is 12.0. The highest BCUT2D eigenvalue weighted by molar-refractivity contribution is 7.89. The third-order valence-corrected chi connectivity index (χ3v) is 5.53. The highest BCUT2D eigenvalue weighted by Crippen LogP contribution is 2.20. The van der Waals surface area contributed by atoms with Crippen molar-refractivity contribution in [3.8, 4) is 0 Å². The first-order valence-corrected chi connectivity index (χ1v) is 8.34. The molecule has 0 saturated carbocycles. The Morgan fingerprint density at radius 1 is 1.24 bits per heavy atom. The van der Waals surface area contributed by atoms with E-state index in [9.17, 15) is 8.42 Å². The molecule has 1 aromatic heterocycles. The lowest BCUT2D eigenvalue weighted by Crippen LogP contribution is -2.27. The van der Waals surface area contributed by atoms with Crippen molar-refractivity contribution in [1.82, 2.24) is 14.1 Å². The standard InChI is InChI=1S/C15H21N3O2S/c1-5-15-14(12(2)18(4)16-15)11-17(3)21(19,20)13-9-7-6-8-10-13/h6-10H,5,11H2,1-4H3. The molecule has 0 spiro atoms. The molecule has 114 valence electrons. The second-order valence-electron chi connectivity index (χ2n) is 5.06. The van der Waals surface area contributed by atoms with Gasteiger partial charge in [-0.25, -0.2) is 8.42 Å². The quantitative estimate of drug-likeness (QED) is 0.850. The number of rotatable bonds is 5. The Morgan fingerprint density at radius 3 is 2.43 bits per heavy atom. The van der Waals surface area contributed by atoms with Crippen molar-refractivity contribution in [2.75, 3.05) is 7.05 Å². The van der Waals surface area contributed by atoms with Gasteiger partial charge < -0.3 is 0 Å².